The summed E-state index contributed by atoms with van der Waals surface area (Å²) in [5, 5.41) is 3.17. The largest absolute Gasteiger partial charge is 0.463 e. The quantitative estimate of drug-likeness (QED) is 0.813. The summed E-state index contributed by atoms with van der Waals surface area (Å²) < 4.78 is 5.43. The molecule has 0 unspecified atom stereocenters. The highest BCUT2D eigenvalue weighted by Crippen LogP contribution is 2.39. The fourth-order valence-corrected chi connectivity index (χ4v) is 3.55. The number of furan rings is 1. The fraction of sp³-hybridized carbons (Fsp3) is 0.353. The van der Waals surface area contributed by atoms with Gasteiger partial charge in [0.1, 0.15) is 11.8 Å². The van der Waals surface area contributed by atoms with E-state index in [-0.39, 0.29) is 24.1 Å². The van der Waals surface area contributed by atoms with Gasteiger partial charge in [0.05, 0.1) is 11.0 Å². The number of carbonyl (C=O) groups excluding carboxylic acids is 3. The van der Waals surface area contributed by atoms with Crippen LogP contribution in [0.2, 0.25) is 0 Å². The minimum atomic E-state index is -0.619. The van der Waals surface area contributed by atoms with Crippen LogP contribution in [-0.4, -0.2) is 35.7 Å². The van der Waals surface area contributed by atoms with Crippen molar-refractivity contribution in [2.24, 2.45) is 5.41 Å². The van der Waals surface area contributed by atoms with Gasteiger partial charge >= 0.3 is 0 Å². The number of amides is 3. The number of likely N-dealkylation sites (tertiary alicyclic amines) is 1. The second-order valence-corrected chi connectivity index (χ2v) is 6.27. The summed E-state index contributed by atoms with van der Waals surface area (Å²) in [5.74, 6) is -0.492. The third kappa shape index (κ3) is 2.13. The standard InChI is InChI=1S/C17H16N2O4/c20-14-9-17(16(22)18-14)5-7-19(8-6-17)15(21)12-10-23-13-4-2-1-3-11(12)13/h1-4,10H,5-9H2,(H,18,20,22). The SMILES string of the molecule is O=C1CC2(CCN(C(=O)c3coc4ccccc34)CC2)C(=O)N1. The molecule has 2 aliphatic heterocycles. The van der Waals surface area contributed by atoms with Crippen LogP contribution in [-0.2, 0) is 9.59 Å². The predicted molar refractivity (Wildman–Crippen MR) is 81.6 cm³/mol. The molecule has 1 N–H and O–H groups in total. The molecule has 0 aliphatic carbocycles. The van der Waals surface area contributed by atoms with Crippen molar-refractivity contribution in [1.82, 2.24) is 10.2 Å². The van der Waals surface area contributed by atoms with Crippen molar-refractivity contribution in [1.29, 1.82) is 0 Å². The molecule has 0 saturated carbocycles. The van der Waals surface area contributed by atoms with Gasteiger partial charge < -0.3 is 9.32 Å². The molecule has 1 spiro atoms. The van der Waals surface area contributed by atoms with Crippen molar-refractivity contribution in [3.63, 3.8) is 0 Å². The fourth-order valence-electron chi connectivity index (χ4n) is 3.55. The highest BCUT2D eigenvalue weighted by molar-refractivity contribution is 6.07. The van der Waals surface area contributed by atoms with Crippen LogP contribution in [0.25, 0.3) is 11.0 Å². The van der Waals surface area contributed by atoms with Gasteiger partial charge in [0.2, 0.25) is 11.8 Å². The first-order chi connectivity index (χ1) is 11.1. The average molecular weight is 312 g/mol. The molecule has 2 aromatic rings. The number of piperidine rings is 1. The highest BCUT2D eigenvalue weighted by Gasteiger charge is 2.48. The number of imide groups is 1. The first-order valence-electron chi connectivity index (χ1n) is 7.69. The topological polar surface area (TPSA) is 79.6 Å². The summed E-state index contributed by atoms with van der Waals surface area (Å²) >= 11 is 0. The van der Waals surface area contributed by atoms with Crippen LogP contribution in [0, 0.1) is 5.41 Å². The monoisotopic (exact) mass is 312 g/mol. The summed E-state index contributed by atoms with van der Waals surface area (Å²) in [6.45, 7) is 0.943. The van der Waals surface area contributed by atoms with Crippen molar-refractivity contribution in [2.45, 2.75) is 19.3 Å². The van der Waals surface area contributed by atoms with Gasteiger partial charge in [-0.1, -0.05) is 18.2 Å². The molecular weight excluding hydrogens is 296 g/mol. The van der Waals surface area contributed by atoms with Gasteiger partial charge in [0, 0.05) is 24.9 Å². The molecule has 6 heteroatoms. The maximum Gasteiger partial charge on any atom is 0.257 e. The van der Waals surface area contributed by atoms with Crippen LogP contribution in [0.3, 0.4) is 0 Å². The Labute approximate surface area is 132 Å². The molecule has 0 radical (unpaired) electrons. The van der Waals surface area contributed by atoms with Crippen LogP contribution in [0.1, 0.15) is 29.6 Å². The number of hydrogen-bond donors (Lipinski definition) is 1. The van der Waals surface area contributed by atoms with Crippen molar-refractivity contribution in [3.8, 4) is 0 Å². The Morgan fingerprint density at radius 1 is 1.17 bits per heavy atom. The lowest BCUT2D eigenvalue weighted by atomic mass is 9.77. The number of hydrogen-bond acceptors (Lipinski definition) is 4. The summed E-state index contributed by atoms with van der Waals surface area (Å²) in [6.07, 6.45) is 2.77. The molecule has 2 saturated heterocycles. The van der Waals surface area contributed by atoms with E-state index in [4.69, 9.17) is 4.42 Å². The molecule has 3 heterocycles. The Kier molecular flexibility index (Phi) is 3.01. The van der Waals surface area contributed by atoms with Gasteiger partial charge in [-0.15, -0.1) is 0 Å². The summed E-state index contributed by atoms with van der Waals surface area (Å²) in [7, 11) is 0. The van der Waals surface area contributed by atoms with Crippen molar-refractivity contribution in [3.05, 3.63) is 36.1 Å². The second-order valence-electron chi connectivity index (χ2n) is 6.27. The molecule has 118 valence electrons. The number of carbonyl (C=O) groups is 3. The Morgan fingerprint density at radius 2 is 1.91 bits per heavy atom. The van der Waals surface area contributed by atoms with Gasteiger partial charge in [-0.3, -0.25) is 19.7 Å². The second kappa shape index (κ2) is 4.94. The van der Waals surface area contributed by atoms with E-state index in [1.807, 2.05) is 24.3 Å². The van der Waals surface area contributed by atoms with E-state index in [1.165, 1.54) is 6.26 Å². The molecular formula is C17H16N2O4. The predicted octanol–water partition coefficient (Wildman–Crippen LogP) is 1.70. The van der Waals surface area contributed by atoms with Gasteiger partial charge in [0.15, 0.2) is 0 Å². The summed E-state index contributed by atoms with van der Waals surface area (Å²) in [5.41, 5.74) is 0.611. The molecule has 0 bridgehead atoms. The summed E-state index contributed by atoms with van der Waals surface area (Å²) in [6, 6.07) is 7.42. The lowest BCUT2D eigenvalue weighted by Gasteiger charge is -2.36. The van der Waals surface area contributed by atoms with E-state index in [1.54, 1.807) is 4.90 Å². The number of fused-ring (bicyclic) bond motifs is 1. The zero-order valence-corrected chi connectivity index (χ0v) is 12.5. The molecule has 23 heavy (non-hydrogen) atoms. The summed E-state index contributed by atoms with van der Waals surface area (Å²) in [4.78, 5) is 37.9. The number of benzene rings is 1. The minimum Gasteiger partial charge on any atom is -0.463 e. The van der Waals surface area contributed by atoms with E-state index in [0.717, 1.165) is 5.39 Å². The number of para-hydroxylation sites is 1. The van der Waals surface area contributed by atoms with E-state index in [9.17, 15) is 14.4 Å². The van der Waals surface area contributed by atoms with E-state index >= 15 is 0 Å². The molecule has 1 aromatic heterocycles. The van der Waals surface area contributed by atoms with Crippen LogP contribution in [0.5, 0.6) is 0 Å². The Balaban J connectivity index is 1.53. The van der Waals surface area contributed by atoms with E-state index in [0.29, 0.717) is 37.1 Å². The highest BCUT2D eigenvalue weighted by atomic mass is 16.3. The lowest BCUT2D eigenvalue weighted by Crippen LogP contribution is -2.46. The first kappa shape index (κ1) is 14.0. The molecule has 1 aromatic carbocycles. The van der Waals surface area contributed by atoms with E-state index in [2.05, 4.69) is 5.32 Å². The maximum atomic E-state index is 12.7. The smallest absolute Gasteiger partial charge is 0.257 e. The van der Waals surface area contributed by atoms with Crippen LogP contribution in [0.4, 0.5) is 0 Å². The van der Waals surface area contributed by atoms with Crippen molar-refractivity contribution >= 4 is 28.7 Å². The number of nitrogens with one attached hydrogen (secondary N) is 1. The number of rotatable bonds is 1. The van der Waals surface area contributed by atoms with Crippen LogP contribution >= 0.6 is 0 Å². The number of nitrogens with zero attached hydrogens (tertiary/aromatic N) is 1. The average Bonchev–Trinajstić information content (AvgIpc) is 3.09. The molecule has 4 rings (SSSR count). The molecule has 6 nitrogen and oxygen atoms in total. The Bertz CT molecular complexity index is 815. The third-order valence-electron chi connectivity index (χ3n) is 4.95. The van der Waals surface area contributed by atoms with Crippen molar-refractivity contribution < 1.29 is 18.8 Å². The van der Waals surface area contributed by atoms with Gasteiger partial charge in [-0.25, -0.2) is 0 Å². The van der Waals surface area contributed by atoms with Gasteiger partial charge in [-0.05, 0) is 18.9 Å². The lowest BCUT2D eigenvalue weighted by molar-refractivity contribution is -0.130. The zero-order chi connectivity index (χ0) is 16.0. The Hall–Kier alpha value is -2.63. The van der Waals surface area contributed by atoms with Crippen LogP contribution in [0.15, 0.2) is 34.9 Å². The zero-order valence-electron chi connectivity index (χ0n) is 12.5. The molecule has 3 amide bonds. The third-order valence-corrected chi connectivity index (χ3v) is 4.95. The molecule has 2 fully saturated rings. The Morgan fingerprint density at radius 3 is 2.61 bits per heavy atom. The first-order valence-corrected chi connectivity index (χ1v) is 7.69. The van der Waals surface area contributed by atoms with E-state index < -0.39 is 5.41 Å². The van der Waals surface area contributed by atoms with Crippen molar-refractivity contribution in [2.75, 3.05) is 13.1 Å². The normalized spacial score (nSPS) is 20.3. The maximum absolute atomic E-state index is 12.7. The molecule has 2 aliphatic rings. The molecule has 0 atom stereocenters. The van der Waals surface area contributed by atoms with Gasteiger partial charge in [0.25, 0.3) is 5.91 Å². The van der Waals surface area contributed by atoms with Crippen LogP contribution < -0.4 is 5.32 Å². The van der Waals surface area contributed by atoms with Gasteiger partial charge in [-0.2, -0.15) is 0 Å². The minimum absolute atomic E-state index is 0.0884.